The Balaban J connectivity index is 1.56. The maximum absolute atomic E-state index is 12.2. The van der Waals surface area contributed by atoms with Gasteiger partial charge < -0.3 is 18.9 Å². The van der Waals surface area contributed by atoms with Crippen molar-refractivity contribution >= 4 is 23.7 Å². The third-order valence-corrected chi connectivity index (χ3v) is 4.45. The van der Waals surface area contributed by atoms with Crippen LogP contribution in [0.1, 0.15) is 16.6 Å². The van der Waals surface area contributed by atoms with Gasteiger partial charge in [0.1, 0.15) is 12.7 Å². The predicted molar refractivity (Wildman–Crippen MR) is 92.1 cm³/mol. The fourth-order valence-electron chi connectivity index (χ4n) is 3.08. The zero-order valence-electron chi connectivity index (χ0n) is 15.0. The van der Waals surface area contributed by atoms with Crippen molar-refractivity contribution in [2.24, 2.45) is 0 Å². The first-order valence-electron chi connectivity index (χ1n) is 8.61. The molecule has 2 unspecified atom stereocenters. The molecule has 0 amide bonds. The molecule has 2 N–H and O–H groups in total. The van der Waals surface area contributed by atoms with E-state index in [0.717, 1.165) is 4.57 Å². The Labute approximate surface area is 167 Å². The number of carbonyl (C=O) groups excluding carboxylic acids is 3. The van der Waals surface area contributed by atoms with E-state index in [2.05, 4.69) is 9.97 Å². The summed E-state index contributed by atoms with van der Waals surface area (Å²) in [6, 6.07) is 4.18. The van der Waals surface area contributed by atoms with Gasteiger partial charge in [-0.3, -0.25) is 20.2 Å². The number of aromatic nitrogens is 3. The first kappa shape index (κ1) is 19.5. The van der Waals surface area contributed by atoms with Gasteiger partial charge in [-0.1, -0.05) is 0 Å². The van der Waals surface area contributed by atoms with E-state index in [1.165, 1.54) is 36.8 Å². The minimum atomic E-state index is -1.24. The number of hydrogen-bond donors (Lipinski definition) is 2. The SMILES string of the molecule is O=C1OC2C(OC1=O)[C@@H](COC(=O)c1ccncc1)O[C@H]2n1ccc(NO)nc1=O. The Morgan fingerprint density at radius 3 is 2.50 bits per heavy atom. The Morgan fingerprint density at radius 2 is 1.83 bits per heavy atom. The molecule has 13 nitrogen and oxygen atoms in total. The molecular formula is C17H14N4O9. The molecule has 2 aliphatic rings. The highest BCUT2D eigenvalue weighted by Gasteiger charge is 2.55. The number of pyridine rings is 1. The second-order valence-electron chi connectivity index (χ2n) is 6.25. The molecule has 2 aliphatic heterocycles. The average Bonchev–Trinajstić information content (AvgIpc) is 3.09. The highest BCUT2D eigenvalue weighted by molar-refractivity contribution is 6.30. The molecule has 0 spiro atoms. The van der Waals surface area contributed by atoms with Crippen LogP contribution in [0.25, 0.3) is 0 Å². The van der Waals surface area contributed by atoms with Gasteiger partial charge in [0.05, 0.1) is 5.56 Å². The minimum Gasteiger partial charge on any atom is -0.459 e. The molecule has 4 heterocycles. The molecule has 2 aromatic rings. The van der Waals surface area contributed by atoms with E-state index >= 15 is 0 Å². The molecule has 0 bridgehead atoms. The normalized spacial score (nSPS) is 25.1. The summed E-state index contributed by atoms with van der Waals surface area (Å²) < 4.78 is 22.1. The Hall–Kier alpha value is -3.84. The monoisotopic (exact) mass is 418 g/mol. The van der Waals surface area contributed by atoms with Crippen molar-refractivity contribution in [1.82, 2.24) is 14.5 Å². The van der Waals surface area contributed by atoms with E-state index in [4.69, 9.17) is 24.2 Å². The highest BCUT2D eigenvalue weighted by Crippen LogP contribution is 2.35. The van der Waals surface area contributed by atoms with Gasteiger partial charge >= 0.3 is 23.6 Å². The Morgan fingerprint density at radius 1 is 1.13 bits per heavy atom. The highest BCUT2D eigenvalue weighted by atomic mass is 16.7. The van der Waals surface area contributed by atoms with Crippen molar-refractivity contribution in [3.05, 3.63) is 52.8 Å². The summed E-state index contributed by atoms with van der Waals surface area (Å²) in [7, 11) is 0. The number of fused-ring (bicyclic) bond motifs is 1. The van der Waals surface area contributed by atoms with Crippen molar-refractivity contribution in [3.8, 4) is 0 Å². The van der Waals surface area contributed by atoms with Crippen LogP contribution in [-0.2, 0) is 28.5 Å². The van der Waals surface area contributed by atoms with E-state index in [1.54, 1.807) is 5.48 Å². The van der Waals surface area contributed by atoms with E-state index in [1.807, 2.05) is 0 Å². The topological polar surface area (TPSA) is 168 Å². The molecule has 0 aliphatic carbocycles. The first-order valence-corrected chi connectivity index (χ1v) is 8.61. The molecule has 2 saturated heterocycles. The van der Waals surface area contributed by atoms with E-state index in [0.29, 0.717) is 0 Å². The van der Waals surface area contributed by atoms with E-state index in [-0.39, 0.29) is 18.0 Å². The van der Waals surface area contributed by atoms with Crippen LogP contribution < -0.4 is 11.2 Å². The number of nitrogens with zero attached hydrogens (tertiary/aromatic N) is 3. The van der Waals surface area contributed by atoms with Gasteiger partial charge in [-0.15, -0.1) is 0 Å². The zero-order chi connectivity index (χ0) is 21.3. The lowest BCUT2D eigenvalue weighted by Gasteiger charge is -2.27. The molecule has 0 aromatic carbocycles. The summed E-state index contributed by atoms with van der Waals surface area (Å²) in [4.78, 5) is 55.1. The summed E-state index contributed by atoms with van der Waals surface area (Å²) in [6.07, 6.45) is -0.441. The summed E-state index contributed by atoms with van der Waals surface area (Å²) in [6.45, 7) is -0.345. The van der Waals surface area contributed by atoms with Crippen LogP contribution in [0.5, 0.6) is 0 Å². The smallest absolute Gasteiger partial charge is 0.418 e. The van der Waals surface area contributed by atoms with E-state index in [9.17, 15) is 19.2 Å². The van der Waals surface area contributed by atoms with Crippen LogP contribution in [0.2, 0.25) is 0 Å². The second kappa shape index (κ2) is 7.88. The van der Waals surface area contributed by atoms with Crippen molar-refractivity contribution in [3.63, 3.8) is 0 Å². The molecule has 156 valence electrons. The number of hydrogen-bond acceptors (Lipinski definition) is 12. The summed E-state index contributed by atoms with van der Waals surface area (Å²) >= 11 is 0. The molecule has 0 radical (unpaired) electrons. The van der Waals surface area contributed by atoms with Gasteiger partial charge in [0.2, 0.25) is 0 Å². The van der Waals surface area contributed by atoms with Crippen LogP contribution >= 0.6 is 0 Å². The standard InChI is InChI=1S/C17H14N4O9/c22-14(8-1-4-18-5-2-8)27-7-9-11-12(30-16(24)15(23)29-11)13(28-9)21-6-3-10(20-26)19-17(21)25/h1-6,9,11-13,26H,7H2,(H,19,20,25)/t9-,11?,12?,13-/m1/s1. The largest absolute Gasteiger partial charge is 0.459 e. The summed E-state index contributed by atoms with van der Waals surface area (Å²) in [5, 5.41) is 8.86. The lowest BCUT2D eigenvalue weighted by Crippen LogP contribution is -2.48. The molecular weight excluding hydrogens is 404 g/mol. The number of nitrogens with one attached hydrogen (secondary N) is 1. The number of rotatable bonds is 5. The molecule has 13 heteroatoms. The summed E-state index contributed by atoms with van der Waals surface area (Å²) in [5.41, 5.74) is 1.14. The Bertz CT molecular complexity index is 1040. The van der Waals surface area contributed by atoms with Gasteiger partial charge in [0, 0.05) is 18.6 Å². The van der Waals surface area contributed by atoms with Crippen molar-refractivity contribution in [2.45, 2.75) is 24.5 Å². The van der Waals surface area contributed by atoms with Gasteiger partial charge in [-0.05, 0) is 18.2 Å². The quantitative estimate of drug-likeness (QED) is 0.264. The number of esters is 3. The van der Waals surface area contributed by atoms with Crippen LogP contribution in [-0.4, -0.2) is 62.6 Å². The maximum atomic E-state index is 12.2. The van der Waals surface area contributed by atoms with Crippen molar-refractivity contribution < 1.29 is 38.5 Å². The second-order valence-corrected chi connectivity index (χ2v) is 6.25. The van der Waals surface area contributed by atoms with Crippen molar-refractivity contribution in [1.29, 1.82) is 0 Å². The van der Waals surface area contributed by atoms with Crippen LogP contribution in [0.3, 0.4) is 0 Å². The first-order chi connectivity index (χ1) is 14.5. The van der Waals surface area contributed by atoms with E-state index < -0.39 is 48.1 Å². The molecule has 2 fully saturated rings. The zero-order valence-corrected chi connectivity index (χ0v) is 15.0. The van der Waals surface area contributed by atoms with Crippen molar-refractivity contribution in [2.75, 3.05) is 12.1 Å². The lowest BCUT2D eigenvalue weighted by atomic mass is 10.1. The third kappa shape index (κ3) is 3.58. The van der Waals surface area contributed by atoms with Crippen LogP contribution in [0, 0.1) is 0 Å². The lowest BCUT2D eigenvalue weighted by molar-refractivity contribution is -0.195. The number of carbonyl (C=O) groups is 3. The molecule has 4 rings (SSSR count). The fraction of sp³-hybridized carbons (Fsp3) is 0.294. The minimum absolute atomic E-state index is 0.110. The molecule has 2 aromatic heterocycles. The average molecular weight is 418 g/mol. The molecule has 30 heavy (non-hydrogen) atoms. The predicted octanol–water partition coefficient (Wildman–Crippen LogP) is -0.969. The third-order valence-electron chi connectivity index (χ3n) is 4.45. The van der Waals surface area contributed by atoms with Gasteiger partial charge in [-0.25, -0.2) is 19.2 Å². The van der Waals surface area contributed by atoms with Gasteiger partial charge in [0.15, 0.2) is 24.3 Å². The van der Waals surface area contributed by atoms with Crippen LogP contribution in [0.15, 0.2) is 41.6 Å². The Kier molecular flexibility index (Phi) is 5.12. The number of ether oxygens (including phenoxy) is 4. The molecule has 4 atom stereocenters. The summed E-state index contributed by atoms with van der Waals surface area (Å²) in [5.74, 6) is -3.25. The maximum Gasteiger partial charge on any atom is 0.418 e. The van der Waals surface area contributed by atoms with Crippen LogP contribution in [0.4, 0.5) is 5.82 Å². The van der Waals surface area contributed by atoms with Gasteiger partial charge in [-0.2, -0.15) is 4.98 Å². The number of anilines is 1. The fourth-order valence-corrected chi connectivity index (χ4v) is 3.08. The van der Waals surface area contributed by atoms with Gasteiger partial charge in [0.25, 0.3) is 0 Å². The molecule has 0 saturated carbocycles.